The molecule has 0 spiro atoms. The van der Waals surface area contributed by atoms with Gasteiger partial charge in [-0.15, -0.1) is 0 Å². The molecule has 0 nitrogen and oxygen atoms in total. The molecule has 0 aliphatic rings. The van der Waals surface area contributed by atoms with Gasteiger partial charge in [0.1, 0.15) is 0 Å². The second-order valence-electron chi connectivity index (χ2n) is 4.40. The second kappa shape index (κ2) is 6.11. The van der Waals surface area contributed by atoms with E-state index in [1.807, 2.05) is 0 Å². The molecule has 0 unspecified atom stereocenters. The summed E-state index contributed by atoms with van der Waals surface area (Å²) in [6.07, 6.45) is 4.82. The minimum atomic E-state index is -1.07. The van der Waals surface area contributed by atoms with Crippen molar-refractivity contribution < 1.29 is 0 Å². The van der Waals surface area contributed by atoms with Crippen LogP contribution in [0.4, 0.5) is 0 Å². The van der Waals surface area contributed by atoms with Gasteiger partial charge in [-0.25, -0.2) is 0 Å². The van der Waals surface area contributed by atoms with Crippen LogP contribution in [0.2, 0.25) is 0 Å². The Kier molecular flexibility index (Phi) is 5.09. The van der Waals surface area contributed by atoms with Crippen LogP contribution in [0.5, 0.6) is 0 Å². The van der Waals surface area contributed by atoms with Crippen LogP contribution in [0, 0.1) is 0 Å². The molecule has 1 aromatic rings. The van der Waals surface area contributed by atoms with E-state index in [9.17, 15) is 0 Å². The summed E-state index contributed by atoms with van der Waals surface area (Å²) in [5.41, 5.74) is 1.39. The molecule has 1 aromatic carbocycles. The molecular weight excluding hydrogens is 211 g/mol. The maximum Gasteiger partial charge on any atom is -0.0245 e. The van der Waals surface area contributed by atoms with Crippen LogP contribution in [0.15, 0.2) is 42.0 Å². The SMILES string of the molecule is CCP(=CC=C(C)C)(CC)c1ccccc1. The largest absolute Gasteiger partial charge is 0.0779 e. The van der Waals surface area contributed by atoms with E-state index in [2.05, 4.69) is 69.9 Å². The van der Waals surface area contributed by atoms with Gasteiger partial charge >= 0.3 is 0 Å². The lowest BCUT2D eigenvalue weighted by Crippen LogP contribution is -2.10. The molecule has 1 rings (SSSR count). The van der Waals surface area contributed by atoms with Gasteiger partial charge in [-0.3, -0.25) is 0 Å². The minimum absolute atomic E-state index is 1.07. The lowest BCUT2D eigenvalue weighted by Gasteiger charge is -2.23. The molecule has 0 saturated heterocycles. The van der Waals surface area contributed by atoms with Crippen LogP contribution in [-0.2, 0) is 0 Å². The highest BCUT2D eigenvalue weighted by molar-refractivity contribution is 7.82. The second-order valence-corrected chi connectivity index (χ2v) is 8.54. The van der Waals surface area contributed by atoms with Crippen molar-refractivity contribution in [2.45, 2.75) is 27.7 Å². The Morgan fingerprint density at radius 2 is 1.62 bits per heavy atom. The zero-order chi connectivity index (χ0) is 12.0. The smallest absolute Gasteiger partial charge is 0.0245 e. The van der Waals surface area contributed by atoms with Crippen molar-refractivity contribution in [2.24, 2.45) is 0 Å². The molecule has 88 valence electrons. The Morgan fingerprint density at radius 3 is 2.06 bits per heavy atom. The summed E-state index contributed by atoms with van der Waals surface area (Å²) in [4.78, 5) is 0. The van der Waals surface area contributed by atoms with Gasteiger partial charge in [-0.2, -0.15) is 0 Å². The predicted molar refractivity (Wildman–Crippen MR) is 79.6 cm³/mol. The van der Waals surface area contributed by atoms with E-state index in [-0.39, 0.29) is 0 Å². The highest BCUT2D eigenvalue weighted by Gasteiger charge is 2.13. The van der Waals surface area contributed by atoms with Crippen molar-refractivity contribution in [3.8, 4) is 0 Å². The van der Waals surface area contributed by atoms with Crippen molar-refractivity contribution in [3.05, 3.63) is 42.0 Å². The average Bonchev–Trinajstić information content (AvgIpc) is 2.32. The lowest BCUT2D eigenvalue weighted by molar-refractivity contribution is 1.40. The molecule has 0 bridgehead atoms. The molecule has 0 N–H and O–H groups in total. The van der Waals surface area contributed by atoms with Crippen LogP contribution in [0.1, 0.15) is 27.7 Å². The van der Waals surface area contributed by atoms with Crippen LogP contribution >= 0.6 is 6.89 Å². The number of rotatable bonds is 4. The normalized spacial score (nSPS) is 11.0. The molecule has 0 atom stereocenters. The van der Waals surface area contributed by atoms with E-state index in [1.54, 1.807) is 0 Å². The summed E-state index contributed by atoms with van der Waals surface area (Å²) >= 11 is 0. The summed E-state index contributed by atoms with van der Waals surface area (Å²) in [6.45, 7) is 7.91. The number of hydrogen-bond donors (Lipinski definition) is 0. The molecule has 1 heteroatoms. The third kappa shape index (κ3) is 3.12. The number of allylic oxidation sites excluding steroid dienone is 2. The van der Waals surface area contributed by atoms with E-state index in [1.165, 1.54) is 23.2 Å². The average molecular weight is 234 g/mol. The molecule has 0 saturated carbocycles. The van der Waals surface area contributed by atoms with Gasteiger partial charge in [-0.1, -0.05) is 68.5 Å². The molecule has 0 heterocycles. The van der Waals surface area contributed by atoms with Crippen LogP contribution in [0.25, 0.3) is 0 Å². The Morgan fingerprint density at radius 1 is 1.06 bits per heavy atom. The van der Waals surface area contributed by atoms with Gasteiger partial charge in [-0.05, 0) is 31.5 Å². The molecule has 0 aliphatic carbocycles. The van der Waals surface area contributed by atoms with E-state index < -0.39 is 6.89 Å². The van der Waals surface area contributed by atoms with Crippen LogP contribution in [0.3, 0.4) is 0 Å². The van der Waals surface area contributed by atoms with Crippen molar-refractivity contribution in [1.29, 1.82) is 0 Å². The van der Waals surface area contributed by atoms with Gasteiger partial charge in [0.05, 0.1) is 0 Å². The molecule has 0 aromatic heterocycles. The Labute approximate surface area is 100 Å². The molecule has 0 radical (unpaired) electrons. The highest BCUT2D eigenvalue weighted by atomic mass is 31.2. The van der Waals surface area contributed by atoms with E-state index in [0.29, 0.717) is 0 Å². The van der Waals surface area contributed by atoms with E-state index in [0.717, 1.165) is 0 Å². The first-order valence-corrected chi connectivity index (χ1v) is 8.29. The third-order valence-electron chi connectivity index (χ3n) is 3.09. The van der Waals surface area contributed by atoms with Crippen molar-refractivity contribution in [1.82, 2.24) is 0 Å². The van der Waals surface area contributed by atoms with Gasteiger partial charge < -0.3 is 0 Å². The third-order valence-corrected chi connectivity index (χ3v) is 7.40. The fourth-order valence-electron chi connectivity index (χ4n) is 1.90. The van der Waals surface area contributed by atoms with Gasteiger partial charge in [0.25, 0.3) is 0 Å². The minimum Gasteiger partial charge on any atom is -0.0779 e. The first-order valence-electron chi connectivity index (χ1n) is 6.06. The zero-order valence-corrected chi connectivity index (χ0v) is 11.8. The van der Waals surface area contributed by atoms with E-state index >= 15 is 0 Å². The topological polar surface area (TPSA) is 0 Å². The monoisotopic (exact) mass is 234 g/mol. The maximum absolute atomic E-state index is 2.48. The summed E-state index contributed by atoms with van der Waals surface area (Å²) in [7, 11) is 0. The van der Waals surface area contributed by atoms with Gasteiger partial charge in [0, 0.05) is 0 Å². The molecule has 0 aliphatic heterocycles. The van der Waals surface area contributed by atoms with Crippen LogP contribution in [-0.4, -0.2) is 18.1 Å². The number of hydrogen-bond acceptors (Lipinski definition) is 0. The van der Waals surface area contributed by atoms with Crippen LogP contribution < -0.4 is 5.30 Å². The van der Waals surface area contributed by atoms with Crippen molar-refractivity contribution in [3.63, 3.8) is 0 Å². The van der Waals surface area contributed by atoms with Crippen molar-refractivity contribution in [2.75, 3.05) is 12.3 Å². The predicted octanol–water partition coefficient (Wildman–Crippen LogP) is 4.14. The molecular formula is C15H23P. The van der Waals surface area contributed by atoms with Crippen molar-refractivity contribution >= 4 is 18.0 Å². The molecule has 16 heavy (non-hydrogen) atoms. The summed E-state index contributed by atoms with van der Waals surface area (Å²) in [5.74, 6) is 2.48. The lowest BCUT2D eigenvalue weighted by atomic mass is 10.3. The van der Waals surface area contributed by atoms with Gasteiger partial charge in [0.15, 0.2) is 0 Å². The van der Waals surface area contributed by atoms with E-state index in [4.69, 9.17) is 0 Å². The first kappa shape index (κ1) is 13.3. The zero-order valence-electron chi connectivity index (χ0n) is 10.9. The summed E-state index contributed by atoms with van der Waals surface area (Å²) in [5, 5.41) is 1.54. The fourth-order valence-corrected chi connectivity index (χ4v) is 5.02. The molecule has 0 amide bonds. The quantitative estimate of drug-likeness (QED) is 0.687. The summed E-state index contributed by atoms with van der Waals surface area (Å²) in [6, 6.07) is 11.0. The fraction of sp³-hybridized carbons (Fsp3) is 0.400. The van der Waals surface area contributed by atoms with Gasteiger partial charge in [0.2, 0.25) is 0 Å². The number of benzene rings is 1. The maximum atomic E-state index is 2.48. The first-order chi connectivity index (χ1) is 7.64. The Hall–Kier alpha value is -0.740. The Bertz CT molecular complexity index is 387. The Balaban J connectivity index is 3.27. The standard InChI is InChI=1S/C15H23P/c1-5-16(6-2,13-12-14(3)4)15-10-8-7-9-11-15/h7-13H,5-6H2,1-4H3. The molecule has 0 fully saturated rings. The highest BCUT2D eigenvalue weighted by Crippen LogP contribution is 2.44. The summed E-state index contributed by atoms with van der Waals surface area (Å²) < 4.78 is 0.